The summed E-state index contributed by atoms with van der Waals surface area (Å²) in [6.45, 7) is 14.6. The van der Waals surface area contributed by atoms with Gasteiger partial charge in [-0.2, -0.15) is 0 Å². The lowest BCUT2D eigenvalue weighted by Gasteiger charge is -2.36. The summed E-state index contributed by atoms with van der Waals surface area (Å²) >= 11 is 0. The maximum absolute atomic E-state index is 12.9. The summed E-state index contributed by atoms with van der Waals surface area (Å²) in [4.78, 5) is 17.8. The Morgan fingerprint density at radius 2 is 0.972 bits per heavy atom. The summed E-state index contributed by atoms with van der Waals surface area (Å²) in [6.07, 6.45) is 27.9. The highest BCUT2D eigenvalue weighted by Gasteiger charge is 2.23. The first-order valence-corrected chi connectivity index (χ1v) is 16.6. The van der Waals surface area contributed by atoms with Gasteiger partial charge in [0, 0.05) is 39.1 Å². The zero-order valence-corrected chi connectivity index (χ0v) is 25.3. The van der Waals surface area contributed by atoms with Crippen LogP contribution in [0.3, 0.4) is 0 Å². The maximum atomic E-state index is 12.9. The minimum atomic E-state index is 0.422. The largest absolute Gasteiger partial charge is 0.340 e. The molecule has 3 heteroatoms. The first-order chi connectivity index (χ1) is 17.6. The van der Waals surface area contributed by atoms with Crippen molar-refractivity contribution in [1.29, 1.82) is 0 Å². The lowest BCUT2D eigenvalue weighted by Crippen LogP contribution is -2.49. The van der Waals surface area contributed by atoms with Gasteiger partial charge in [0.1, 0.15) is 0 Å². The van der Waals surface area contributed by atoms with Crippen LogP contribution >= 0.6 is 0 Å². The highest BCUT2D eigenvalue weighted by Crippen LogP contribution is 2.24. The van der Waals surface area contributed by atoms with Gasteiger partial charge in [0.2, 0.25) is 5.91 Å². The predicted octanol–water partition coefficient (Wildman–Crippen LogP) is 9.63. The van der Waals surface area contributed by atoms with Crippen LogP contribution in [0.5, 0.6) is 0 Å². The van der Waals surface area contributed by atoms with Crippen molar-refractivity contribution < 1.29 is 4.79 Å². The molecule has 1 fully saturated rings. The Bertz CT molecular complexity index is 474. The van der Waals surface area contributed by atoms with Crippen molar-refractivity contribution in [3.8, 4) is 0 Å². The molecule has 0 spiro atoms. The lowest BCUT2D eigenvalue weighted by atomic mass is 9.90. The molecule has 1 unspecified atom stereocenters. The average Bonchev–Trinajstić information content (AvgIpc) is 2.89. The van der Waals surface area contributed by atoms with E-state index in [1.807, 2.05) is 0 Å². The smallest absolute Gasteiger partial charge is 0.222 e. The normalized spacial score (nSPS) is 15.6. The van der Waals surface area contributed by atoms with Crippen LogP contribution in [0.1, 0.15) is 163 Å². The second kappa shape index (κ2) is 23.5. The Labute approximate surface area is 227 Å². The Morgan fingerprint density at radius 1 is 0.528 bits per heavy atom. The third kappa shape index (κ3) is 17.0. The molecule has 0 aromatic heterocycles. The molecule has 0 aromatic rings. The minimum Gasteiger partial charge on any atom is -0.340 e. The van der Waals surface area contributed by atoms with Crippen LogP contribution in [0.25, 0.3) is 0 Å². The van der Waals surface area contributed by atoms with Gasteiger partial charge >= 0.3 is 0 Å². The van der Waals surface area contributed by atoms with Crippen LogP contribution in [0.15, 0.2) is 0 Å². The number of hydrogen-bond donors (Lipinski definition) is 0. The summed E-state index contributed by atoms with van der Waals surface area (Å²) in [5.41, 5.74) is 0. The number of piperazine rings is 1. The Kier molecular flexibility index (Phi) is 21.9. The summed E-state index contributed by atoms with van der Waals surface area (Å²) in [5.74, 6) is 2.13. The fraction of sp³-hybridized carbons (Fsp3) is 0.970. The molecule has 1 heterocycles. The summed E-state index contributed by atoms with van der Waals surface area (Å²) in [7, 11) is 0. The van der Waals surface area contributed by atoms with Gasteiger partial charge in [-0.25, -0.2) is 0 Å². The van der Waals surface area contributed by atoms with E-state index in [-0.39, 0.29) is 0 Å². The number of unbranched alkanes of at least 4 members (excludes halogenated alkanes) is 10. The molecule has 0 bridgehead atoms. The van der Waals surface area contributed by atoms with Gasteiger partial charge in [-0.1, -0.05) is 130 Å². The van der Waals surface area contributed by atoms with Gasteiger partial charge in [-0.15, -0.1) is 0 Å². The first kappa shape index (κ1) is 33.5. The molecule has 1 saturated heterocycles. The molecule has 0 aromatic carbocycles. The van der Waals surface area contributed by atoms with Gasteiger partial charge in [0.15, 0.2) is 0 Å². The van der Waals surface area contributed by atoms with Crippen LogP contribution in [0.4, 0.5) is 0 Å². The molecule has 0 radical (unpaired) electrons. The van der Waals surface area contributed by atoms with Gasteiger partial charge in [-0.3, -0.25) is 9.69 Å². The second-order valence-corrected chi connectivity index (χ2v) is 12.0. The topological polar surface area (TPSA) is 23.6 Å². The molecule has 214 valence electrons. The van der Waals surface area contributed by atoms with Gasteiger partial charge in [-0.05, 0) is 37.5 Å². The van der Waals surface area contributed by atoms with Crippen molar-refractivity contribution in [3.63, 3.8) is 0 Å². The van der Waals surface area contributed by atoms with E-state index in [0.717, 1.165) is 50.9 Å². The van der Waals surface area contributed by atoms with E-state index in [9.17, 15) is 4.79 Å². The Morgan fingerprint density at radius 3 is 1.47 bits per heavy atom. The number of carbonyl (C=O) groups is 1. The lowest BCUT2D eigenvalue weighted by molar-refractivity contribution is -0.133. The average molecular weight is 507 g/mol. The van der Waals surface area contributed by atoms with Crippen molar-refractivity contribution in [2.75, 3.05) is 32.7 Å². The molecular formula is C33H66N2O. The Balaban J connectivity index is 2.33. The van der Waals surface area contributed by atoms with Crippen molar-refractivity contribution >= 4 is 5.91 Å². The van der Waals surface area contributed by atoms with Crippen LogP contribution in [0, 0.1) is 11.8 Å². The van der Waals surface area contributed by atoms with Gasteiger partial charge < -0.3 is 4.90 Å². The highest BCUT2D eigenvalue weighted by molar-refractivity contribution is 5.76. The standard InChI is InChI=1S/C33H66N2O/c1-5-9-13-16-21-31(20-12-8-4)24-19-25-33(36)35-28-26-34(27-29-35)30-32(22-17-14-10-6-2)23-18-15-11-7-3/h31-32H,5-30H2,1-4H3. The number of carbonyl (C=O) groups excluding carboxylic acids is 1. The zero-order valence-electron chi connectivity index (χ0n) is 25.3. The van der Waals surface area contributed by atoms with Crippen LogP contribution in [-0.4, -0.2) is 48.4 Å². The molecule has 1 aliphatic heterocycles. The second-order valence-electron chi connectivity index (χ2n) is 12.0. The summed E-state index contributed by atoms with van der Waals surface area (Å²) in [5, 5.41) is 0. The number of nitrogens with zero attached hydrogens (tertiary/aromatic N) is 2. The molecule has 1 atom stereocenters. The van der Waals surface area contributed by atoms with E-state index < -0.39 is 0 Å². The minimum absolute atomic E-state index is 0.422. The molecule has 1 aliphatic rings. The fourth-order valence-corrected chi connectivity index (χ4v) is 6.08. The van der Waals surface area contributed by atoms with E-state index in [0.29, 0.717) is 5.91 Å². The number of hydrogen-bond acceptors (Lipinski definition) is 2. The first-order valence-electron chi connectivity index (χ1n) is 16.6. The molecule has 0 saturated carbocycles. The van der Waals surface area contributed by atoms with Crippen LogP contribution in [0.2, 0.25) is 0 Å². The van der Waals surface area contributed by atoms with E-state index >= 15 is 0 Å². The van der Waals surface area contributed by atoms with E-state index in [4.69, 9.17) is 0 Å². The van der Waals surface area contributed by atoms with Crippen molar-refractivity contribution in [2.45, 2.75) is 163 Å². The number of amides is 1. The predicted molar refractivity (Wildman–Crippen MR) is 160 cm³/mol. The van der Waals surface area contributed by atoms with Crippen LogP contribution in [-0.2, 0) is 4.79 Å². The molecule has 1 amide bonds. The molecule has 3 nitrogen and oxygen atoms in total. The van der Waals surface area contributed by atoms with Crippen molar-refractivity contribution in [1.82, 2.24) is 9.80 Å². The molecule has 0 N–H and O–H groups in total. The van der Waals surface area contributed by atoms with Crippen LogP contribution < -0.4 is 0 Å². The third-order valence-corrected chi connectivity index (χ3v) is 8.61. The SMILES string of the molecule is CCCCCCC(CCCC)CCCC(=O)N1CCN(CC(CCCCCC)CCCCCC)CC1. The van der Waals surface area contributed by atoms with E-state index in [1.54, 1.807) is 0 Å². The summed E-state index contributed by atoms with van der Waals surface area (Å²) in [6, 6.07) is 0. The number of rotatable bonds is 24. The zero-order chi connectivity index (χ0) is 26.3. The van der Waals surface area contributed by atoms with Crippen molar-refractivity contribution in [3.05, 3.63) is 0 Å². The third-order valence-electron chi connectivity index (χ3n) is 8.61. The molecule has 36 heavy (non-hydrogen) atoms. The highest BCUT2D eigenvalue weighted by atomic mass is 16.2. The Hall–Kier alpha value is -0.570. The van der Waals surface area contributed by atoms with E-state index in [2.05, 4.69) is 37.5 Å². The maximum Gasteiger partial charge on any atom is 0.222 e. The monoisotopic (exact) mass is 507 g/mol. The van der Waals surface area contributed by atoms with E-state index in [1.165, 1.54) is 129 Å². The quantitative estimate of drug-likeness (QED) is 0.122. The van der Waals surface area contributed by atoms with Crippen molar-refractivity contribution in [2.24, 2.45) is 11.8 Å². The fourth-order valence-electron chi connectivity index (χ4n) is 6.08. The van der Waals surface area contributed by atoms with Gasteiger partial charge in [0.05, 0.1) is 0 Å². The van der Waals surface area contributed by atoms with Gasteiger partial charge in [0.25, 0.3) is 0 Å². The molecular weight excluding hydrogens is 440 g/mol. The molecule has 0 aliphatic carbocycles. The molecule has 1 rings (SSSR count). The summed E-state index contributed by atoms with van der Waals surface area (Å²) < 4.78 is 0.